The number of carbonyl (C=O) groups is 1. The van der Waals surface area contributed by atoms with Crippen molar-refractivity contribution in [2.24, 2.45) is 0 Å². The summed E-state index contributed by atoms with van der Waals surface area (Å²) in [6.07, 6.45) is -7.38. The van der Waals surface area contributed by atoms with Gasteiger partial charge >= 0.3 is 0 Å². The highest BCUT2D eigenvalue weighted by Gasteiger charge is 2.34. The molecule has 8 heteroatoms. The van der Waals surface area contributed by atoms with Gasteiger partial charge in [-0.2, -0.15) is 0 Å². The summed E-state index contributed by atoms with van der Waals surface area (Å²) in [7, 11) is 0. The Bertz CT molecular complexity index is 430. The van der Waals surface area contributed by atoms with Gasteiger partial charge in [-0.15, -0.1) is 0 Å². The van der Waals surface area contributed by atoms with Gasteiger partial charge < -0.3 is 25.5 Å². The molecule has 1 aromatic carbocycles. The van der Waals surface area contributed by atoms with Crippen LogP contribution >= 0.6 is 0 Å². The van der Waals surface area contributed by atoms with Crippen LogP contribution in [0.2, 0.25) is 0 Å². The van der Waals surface area contributed by atoms with Crippen LogP contribution in [0.1, 0.15) is 5.56 Å². The second-order valence-electron chi connectivity index (χ2n) is 4.50. The van der Waals surface area contributed by atoms with Crippen LogP contribution in [-0.2, 0) is 11.3 Å². The lowest BCUT2D eigenvalue weighted by Gasteiger charge is -2.24. The Labute approximate surface area is 121 Å². The van der Waals surface area contributed by atoms with Crippen molar-refractivity contribution >= 4 is 5.91 Å². The van der Waals surface area contributed by atoms with Gasteiger partial charge in [0.1, 0.15) is 18.3 Å². The van der Waals surface area contributed by atoms with Crippen LogP contribution < -0.4 is 10.9 Å². The Kier molecular flexibility index (Phi) is 7.23. The van der Waals surface area contributed by atoms with Gasteiger partial charge in [-0.3, -0.25) is 10.2 Å². The van der Waals surface area contributed by atoms with E-state index in [0.717, 1.165) is 5.56 Å². The molecule has 1 amide bonds. The molecule has 0 aliphatic carbocycles. The number of rotatable bonds is 8. The molecule has 0 heterocycles. The molecule has 7 N–H and O–H groups in total. The molecule has 0 unspecified atom stereocenters. The highest BCUT2D eigenvalue weighted by atomic mass is 16.4. The molecule has 0 aliphatic rings. The first-order valence-electron chi connectivity index (χ1n) is 6.37. The minimum absolute atomic E-state index is 0.303. The van der Waals surface area contributed by atoms with Crippen LogP contribution in [0.15, 0.2) is 30.3 Å². The van der Waals surface area contributed by atoms with E-state index in [1.54, 1.807) is 0 Å². The summed E-state index contributed by atoms with van der Waals surface area (Å²) in [5.41, 5.74) is 5.62. The van der Waals surface area contributed by atoms with Crippen molar-refractivity contribution in [3.8, 4) is 0 Å². The topological polar surface area (TPSA) is 142 Å². The van der Waals surface area contributed by atoms with Crippen LogP contribution in [0.3, 0.4) is 0 Å². The van der Waals surface area contributed by atoms with Crippen molar-refractivity contribution in [3.05, 3.63) is 35.9 Å². The molecule has 0 saturated heterocycles. The monoisotopic (exact) mass is 300 g/mol. The lowest BCUT2D eigenvalue weighted by atomic mass is 10.0. The number of aliphatic hydroxyl groups excluding tert-OH is 5. The van der Waals surface area contributed by atoms with Crippen molar-refractivity contribution in [2.45, 2.75) is 31.0 Å². The van der Waals surface area contributed by atoms with Crippen molar-refractivity contribution in [2.75, 3.05) is 6.61 Å². The third-order valence-electron chi connectivity index (χ3n) is 2.87. The highest BCUT2D eigenvalue weighted by Crippen LogP contribution is 2.05. The number of benzene rings is 1. The lowest BCUT2D eigenvalue weighted by molar-refractivity contribution is -0.149. The summed E-state index contributed by atoms with van der Waals surface area (Å²) >= 11 is 0. The molecule has 0 fully saturated rings. The quantitative estimate of drug-likeness (QED) is 0.258. The SMILES string of the molecule is O=C(NNCc1ccccc1)[C@H](O)[C@@H](O)[C@@H](O)[C@H](O)CO. The van der Waals surface area contributed by atoms with E-state index < -0.39 is 36.9 Å². The Morgan fingerprint density at radius 3 is 2.24 bits per heavy atom. The van der Waals surface area contributed by atoms with Gasteiger partial charge in [0.15, 0.2) is 6.10 Å². The second-order valence-corrected chi connectivity index (χ2v) is 4.50. The van der Waals surface area contributed by atoms with Gasteiger partial charge in [0.2, 0.25) is 0 Å². The Morgan fingerprint density at radius 2 is 1.67 bits per heavy atom. The molecule has 21 heavy (non-hydrogen) atoms. The molecular formula is C13H20N2O6. The number of nitrogens with one attached hydrogen (secondary N) is 2. The maximum absolute atomic E-state index is 11.6. The van der Waals surface area contributed by atoms with E-state index in [1.807, 2.05) is 30.3 Å². The molecule has 1 aromatic rings. The summed E-state index contributed by atoms with van der Waals surface area (Å²) in [6.45, 7) is -0.504. The lowest BCUT2D eigenvalue weighted by Crippen LogP contribution is -2.53. The van der Waals surface area contributed by atoms with E-state index in [4.69, 9.17) is 10.2 Å². The fourth-order valence-corrected chi connectivity index (χ4v) is 1.58. The number of aliphatic hydroxyl groups is 5. The minimum atomic E-state index is -1.95. The minimum Gasteiger partial charge on any atom is -0.394 e. The number of carbonyl (C=O) groups excluding carboxylic acids is 1. The molecule has 0 aliphatic heterocycles. The first kappa shape index (κ1) is 17.5. The predicted molar refractivity (Wildman–Crippen MR) is 72.5 cm³/mol. The highest BCUT2D eigenvalue weighted by molar-refractivity contribution is 5.80. The molecule has 0 aromatic heterocycles. The van der Waals surface area contributed by atoms with Crippen LogP contribution in [0.4, 0.5) is 0 Å². The average Bonchev–Trinajstić information content (AvgIpc) is 2.52. The van der Waals surface area contributed by atoms with Crippen molar-refractivity contribution < 1.29 is 30.3 Å². The first-order valence-corrected chi connectivity index (χ1v) is 6.37. The first-order chi connectivity index (χ1) is 9.97. The molecule has 4 atom stereocenters. The summed E-state index contributed by atoms with van der Waals surface area (Å²) in [4.78, 5) is 11.6. The standard InChI is InChI=1S/C13H20N2O6/c16-7-9(17)10(18)11(19)12(20)13(21)15-14-6-8-4-2-1-3-5-8/h1-5,9-12,14,16-20H,6-7H2,(H,15,21)/t9-,10+,11+,12-/m1/s1. The summed E-state index contributed by atoms with van der Waals surface area (Å²) in [5.74, 6) is -0.970. The number of hydrogen-bond acceptors (Lipinski definition) is 7. The molecule has 0 saturated carbocycles. The number of hydrazine groups is 1. The second kappa shape index (κ2) is 8.67. The zero-order valence-electron chi connectivity index (χ0n) is 11.3. The van der Waals surface area contributed by atoms with Crippen LogP contribution in [-0.4, -0.2) is 62.5 Å². The van der Waals surface area contributed by atoms with E-state index in [1.165, 1.54) is 0 Å². The molecule has 118 valence electrons. The van der Waals surface area contributed by atoms with Crippen LogP contribution in [0, 0.1) is 0 Å². The van der Waals surface area contributed by atoms with E-state index >= 15 is 0 Å². The molecule has 0 radical (unpaired) electrons. The predicted octanol–water partition coefficient (Wildman–Crippen LogP) is -2.76. The normalized spacial score (nSPS) is 16.8. The maximum atomic E-state index is 11.6. The summed E-state index contributed by atoms with van der Waals surface area (Å²) in [6, 6.07) is 9.14. The van der Waals surface area contributed by atoms with Gasteiger partial charge in [0.25, 0.3) is 5.91 Å². The van der Waals surface area contributed by atoms with Gasteiger partial charge in [-0.1, -0.05) is 30.3 Å². The zero-order valence-corrected chi connectivity index (χ0v) is 11.3. The Morgan fingerprint density at radius 1 is 1.05 bits per heavy atom. The molecule has 0 bridgehead atoms. The fourth-order valence-electron chi connectivity index (χ4n) is 1.58. The number of hydrogen-bond donors (Lipinski definition) is 7. The molecular weight excluding hydrogens is 280 g/mol. The van der Waals surface area contributed by atoms with Crippen molar-refractivity contribution in [1.29, 1.82) is 0 Å². The smallest absolute Gasteiger partial charge is 0.265 e. The fraction of sp³-hybridized carbons (Fsp3) is 0.462. The molecule has 0 spiro atoms. The van der Waals surface area contributed by atoms with E-state index in [2.05, 4.69) is 10.9 Å². The van der Waals surface area contributed by atoms with E-state index in [0.29, 0.717) is 6.54 Å². The van der Waals surface area contributed by atoms with Crippen molar-refractivity contribution in [1.82, 2.24) is 10.9 Å². The third kappa shape index (κ3) is 5.38. The Hall–Kier alpha value is -1.55. The number of amides is 1. The van der Waals surface area contributed by atoms with Gasteiger partial charge in [0, 0.05) is 6.54 Å². The zero-order chi connectivity index (χ0) is 15.8. The Balaban J connectivity index is 2.40. The van der Waals surface area contributed by atoms with Crippen LogP contribution in [0.25, 0.3) is 0 Å². The van der Waals surface area contributed by atoms with Gasteiger partial charge in [-0.05, 0) is 5.56 Å². The summed E-state index contributed by atoms with van der Waals surface area (Å²) in [5, 5.41) is 46.2. The molecule has 8 nitrogen and oxygen atoms in total. The van der Waals surface area contributed by atoms with Gasteiger partial charge in [0.05, 0.1) is 6.61 Å². The largest absolute Gasteiger partial charge is 0.394 e. The van der Waals surface area contributed by atoms with Crippen LogP contribution in [0.5, 0.6) is 0 Å². The van der Waals surface area contributed by atoms with Gasteiger partial charge in [-0.25, -0.2) is 5.43 Å². The van der Waals surface area contributed by atoms with Crippen molar-refractivity contribution in [3.63, 3.8) is 0 Å². The van der Waals surface area contributed by atoms with E-state index in [-0.39, 0.29) is 0 Å². The summed E-state index contributed by atoms with van der Waals surface area (Å²) < 4.78 is 0. The maximum Gasteiger partial charge on any atom is 0.265 e. The third-order valence-corrected chi connectivity index (χ3v) is 2.87. The molecule has 1 rings (SSSR count). The van der Waals surface area contributed by atoms with E-state index in [9.17, 15) is 20.1 Å². The average molecular weight is 300 g/mol.